The average molecular weight is 421 g/mol. The third kappa shape index (κ3) is 4.54. The monoisotopic (exact) mass is 420 g/mol. The fraction of sp³-hybridized carbons (Fsp3) is 0.500. The van der Waals surface area contributed by atoms with Crippen LogP contribution in [-0.4, -0.2) is 37.5 Å². The zero-order valence-corrected chi connectivity index (χ0v) is 17.6. The lowest BCUT2D eigenvalue weighted by molar-refractivity contribution is -0.128. The van der Waals surface area contributed by atoms with E-state index in [9.17, 15) is 14.4 Å². The molecule has 3 rings (SSSR count). The minimum absolute atomic E-state index is 0.0474. The molecule has 0 aromatic heterocycles. The Morgan fingerprint density at radius 3 is 2.62 bits per heavy atom. The number of rotatable bonds is 6. The molecule has 7 heteroatoms. The van der Waals surface area contributed by atoms with Gasteiger partial charge in [-0.3, -0.25) is 9.59 Å². The number of carbonyl (C=O) groups is 3. The van der Waals surface area contributed by atoms with E-state index in [-0.39, 0.29) is 42.9 Å². The Balaban J connectivity index is 1.97. The third-order valence-electron chi connectivity index (χ3n) is 5.36. The summed E-state index contributed by atoms with van der Waals surface area (Å²) >= 11 is 6.48. The van der Waals surface area contributed by atoms with Gasteiger partial charge >= 0.3 is 6.16 Å². The number of Topliss-reactive ketones (excluding diaryl/α,β-unsaturated/α-hetero) is 2. The number of benzene rings is 1. The molecule has 0 spiro atoms. The van der Waals surface area contributed by atoms with E-state index in [1.165, 1.54) is 0 Å². The molecule has 0 radical (unpaired) electrons. The molecule has 0 bridgehead atoms. The van der Waals surface area contributed by atoms with Crippen LogP contribution >= 0.6 is 11.6 Å². The summed E-state index contributed by atoms with van der Waals surface area (Å²) in [7, 11) is 0. The van der Waals surface area contributed by atoms with Crippen molar-refractivity contribution in [3.63, 3.8) is 0 Å². The van der Waals surface area contributed by atoms with Crippen LogP contribution in [0, 0.1) is 25.7 Å². The molecular weight excluding hydrogens is 396 g/mol. The van der Waals surface area contributed by atoms with E-state index < -0.39 is 12.1 Å². The molecule has 29 heavy (non-hydrogen) atoms. The van der Waals surface area contributed by atoms with Crippen LogP contribution in [0.15, 0.2) is 17.9 Å². The van der Waals surface area contributed by atoms with Crippen molar-refractivity contribution in [1.82, 2.24) is 0 Å². The largest absolute Gasteiger partial charge is 0.513 e. The van der Waals surface area contributed by atoms with Gasteiger partial charge in [0, 0.05) is 41.9 Å². The highest BCUT2D eigenvalue weighted by Crippen LogP contribution is 2.48. The highest BCUT2D eigenvalue weighted by atomic mass is 35.5. The van der Waals surface area contributed by atoms with Gasteiger partial charge in [0.05, 0.1) is 12.2 Å². The highest BCUT2D eigenvalue weighted by molar-refractivity contribution is 6.36. The van der Waals surface area contributed by atoms with E-state index in [4.69, 9.17) is 25.8 Å². The first-order valence-electron chi connectivity index (χ1n) is 9.83. The minimum Gasteiger partial charge on any atom is -0.432 e. The van der Waals surface area contributed by atoms with E-state index in [0.717, 1.165) is 11.1 Å². The van der Waals surface area contributed by atoms with Gasteiger partial charge in [-0.2, -0.15) is 0 Å². The number of hydrogen-bond acceptors (Lipinski definition) is 6. The van der Waals surface area contributed by atoms with Crippen molar-refractivity contribution < 1.29 is 28.6 Å². The molecule has 2 atom stereocenters. The van der Waals surface area contributed by atoms with Crippen molar-refractivity contribution in [3.8, 4) is 0 Å². The van der Waals surface area contributed by atoms with E-state index in [1.54, 1.807) is 6.07 Å². The molecule has 0 amide bonds. The van der Waals surface area contributed by atoms with Gasteiger partial charge < -0.3 is 14.2 Å². The van der Waals surface area contributed by atoms with Crippen LogP contribution in [0.4, 0.5) is 4.79 Å². The standard InChI is InChI=1S/C22H25ClO6/c1-4-27-7-8-28-22(26)29-21-15-6-5-14(24)11-16(15)20(25)19(21)18-13(3)9-12(2)10-17(18)23/h9-10,15-16H,4-8,11H2,1-3H3. The maximum atomic E-state index is 13.2. The van der Waals surface area contributed by atoms with Crippen molar-refractivity contribution in [1.29, 1.82) is 0 Å². The smallest absolute Gasteiger partial charge is 0.432 e. The van der Waals surface area contributed by atoms with Crippen molar-refractivity contribution >= 4 is 34.9 Å². The number of aryl methyl sites for hydroxylation is 2. The molecule has 0 saturated heterocycles. The second kappa shape index (κ2) is 9.09. The van der Waals surface area contributed by atoms with Gasteiger partial charge in [0.25, 0.3) is 0 Å². The van der Waals surface area contributed by atoms with Crippen LogP contribution < -0.4 is 0 Å². The molecule has 2 aliphatic rings. The SMILES string of the molecule is CCOCCOC(=O)OC1=C(c2c(C)cc(C)cc2Cl)C(=O)C2CC(=O)CCC12. The minimum atomic E-state index is -0.886. The Kier molecular flexibility index (Phi) is 6.75. The molecule has 0 N–H and O–H groups in total. The molecule has 2 aliphatic carbocycles. The zero-order chi connectivity index (χ0) is 21.1. The normalized spacial score (nSPS) is 21.4. The number of fused-ring (bicyclic) bond motifs is 1. The van der Waals surface area contributed by atoms with Crippen LogP contribution in [0.25, 0.3) is 5.57 Å². The van der Waals surface area contributed by atoms with Crippen molar-refractivity contribution in [2.45, 2.75) is 40.0 Å². The number of carbonyl (C=O) groups excluding carboxylic acids is 3. The average Bonchev–Trinajstić information content (AvgIpc) is 2.90. The van der Waals surface area contributed by atoms with E-state index >= 15 is 0 Å². The Bertz CT molecular complexity index is 849. The van der Waals surface area contributed by atoms with Gasteiger partial charge in [-0.1, -0.05) is 17.7 Å². The molecule has 2 unspecified atom stereocenters. The number of halogens is 1. The van der Waals surface area contributed by atoms with Gasteiger partial charge in [-0.25, -0.2) is 4.79 Å². The Morgan fingerprint density at radius 1 is 1.17 bits per heavy atom. The van der Waals surface area contributed by atoms with Gasteiger partial charge in [-0.05, 0) is 44.4 Å². The van der Waals surface area contributed by atoms with Crippen LogP contribution in [0.5, 0.6) is 0 Å². The van der Waals surface area contributed by atoms with Gasteiger partial charge in [0.2, 0.25) is 0 Å². The molecule has 0 aliphatic heterocycles. The zero-order valence-electron chi connectivity index (χ0n) is 16.9. The molecule has 1 fully saturated rings. The number of ketones is 2. The Morgan fingerprint density at radius 2 is 1.93 bits per heavy atom. The van der Waals surface area contributed by atoms with Crippen molar-refractivity contribution in [2.24, 2.45) is 11.8 Å². The van der Waals surface area contributed by atoms with E-state index in [1.807, 2.05) is 26.8 Å². The first kappa shape index (κ1) is 21.5. The summed E-state index contributed by atoms with van der Waals surface area (Å²) in [6.45, 7) is 6.46. The summed E-state index contributed by atoms with van der Waals surface area (Å²) in [5.74, 6) is -0.733. The summed E-state index contributed by atoms with van der Waals surface area (Å²) < 4.78 is 15.8. The summed E-state index contributed by atoms with van der Waals surface area (Å²) in [6, 6.07) is 3.70. The molecule has 0 heterocycles. The lowest BCUT2D eigenvalue weighted by Crippen LogP contribution is -2.28. The van der Waals surface area contributed by atoms with Crippen LogP contribution in [0.2, 0.25) is 5.02 Å². The second-order valence-electron chi connectivity index (χ2n) is 7.43. The molecule has 156 valence electrons. The van der Waals surface area contributed by atoms with Crippen LogP contribution in [-0.2, 0) is 23.8 Å². The second-order valence-corrected chi connectivity index (χ2v) is 7.84. The summed E-state index contributed by atoms with van der Waals surface area (Å²) in [5, 5.41) is 0.418. The molecule has 1 saturated carbocycles. The number of allylic oxidation sites excluding steroid dienone is 2. The van der Waals surface area contributed by atoms with Crippen molar-refractivity contribution in [2.75, 3.05) is 19.8 Å². The highest BCUT2D eigenvalue weighted by Gasteiger charge is 2.48. The topological polar surface area (TPSA) is 78.9 Å². The summed E-state index contributed by atoms with van der Waals surface area (Å²) in [4.78, 5) is 37.5. The number of ether oxygens (including phenoxy) is 3. The quantitative estimate of drug-likeness (QED) is 0.500. The molecule has 1 aromatic carbocycles. The van der Waals surface area contributed by atoms with Gasteiger partial charge in [0.15, 0.2) is 5.78 Å². The maximum Gasteiger partial charge on any atom is 0.513 e. The predicted molar refractivity (Wildman–Crippen MR) is 108 cm³/mol. The van der Waals surface area contributed by atoms with E-state index in [2.05, 4.69) is 0 Å². The number of hydrogen-bond donors (Lipinski definition) is 0. The van der Waals surface area contributed by atoms with Gasteiger partial charge in [-0.15, -0.1) is 0 Å². The molecule has 1 aromatic rings. The first-order valence-corrected chi connectivity index (χ1v) is 10.2. The first-order chi connectivity index (χ1) is 13.8. The lowest BCUT2D eigenvalue weighted by Gasteiger charge is -2.24. The molecule has 6 nitrogen and oxygen atoms in total. The van der Waals surface area contributed by atoms with E-state index in [0.29, 0.717) is 35.6 Å². The fourth-order valence-electron chi connectivity index (χ4n) is 4.14. The van der Waals surface area contributed by atoms with Crippen molar-refractivity contribution in [3.05, 3.63) is 39.6 Å². The van der Waals surface area contributed by atoms with Crippen LogP contribution in [0.3, 0.4) is 0 Å². The van der Waals surface area contributed by atoms with Crippen LogP contribution in [0.1, 0.15) is 42.9 Å². The molecular formula is C22H25ClO6. The van der Waals surface area contributed by atoms with Gasteiger partial charge in [0.1, 0.15) is 18.1 Å². The summed E-state index contributed by atoms with van der Waals surface area (Å²) in [6.07, 6.45) is 0.0857. The Labute approximate surface area is 175 Å². The fourth-order valence-corrected chi connectivity index (χ4v) is 4.56. The summed E-state index contributed by atoms with van der Waals surface area (Å²) in [5.41, 5.74) is 2.63. The maximum absolute atomic E-state index is 13.2. The lowest BCUT2D eigenvalue weighted by atomic mass is 9.79. The third-order valence-corrected chi connectivity index (χ3v) is 5.66. The predicted octanol–water partition coefficient (Wildman–Crippen LogP) is 4.43. The Hall–Kier alpha value is -2.18.